The van der Waals surface area contributed by atoms with Gasteiger partial charge in [-0.1, -0.05) is 12.1 Å². The molecule has 0 fully saturated rings. The lowest BCUT2D eigenvalue weighted by atomic mass is 10.1. The second-order valence-electron chi connectivity index (χ2n) is 4.86. The fourth-order valence-electron chi connectivity index (χ4n) is 2.22. The van der Waals surface area contributed by atoms with Crippen molar-refractivity contribution in [3.8, 4) is 0 Å². The number of anilines is 1. The molecule has 3 N–H and O–H groups in total. The molecule has 106 valence electrons. The van der Waals surface area contributed by atoms with Crippen LogP contribution in [0.1, 0.15) is 27.3 Å². The van der Waals surface area contributed by atoms with E-state index in [9.17, 15) is 4.79 Å². The molecule has 0 radical (unpaired) electrons. The van der Waals surface area contributed by atoms with Gasteiger partial charge >= 0.3 is 0 Å². The molecule has 5 nitrogen and oxygen atoms in total. The summed E-state index contributed by atoms with van der Waals surface area (Å²) in [7, 11) is 1.83. The Morgan fingerprint density at radius 3 is 2.45 bits per heavy atom. The van der Waals surface area contributed by atoms with Crippen LogP contribution in [0.15, 0.2) is 24.3 Å². The first kappa shape index (κ1) is 14.3. The van der Waals surface area contributed by atoms with Gasteiger partial charge < -0.3 is 11.1 Å². The standard InChI is InChI=1S/C15H20N4O/c1-10-14(11(2)19(3)18-10)15(20)17-13-6-4-12(5-7-13)8-9-16/h4-7H,8-9,16H2,1-3H3,(H,17,20). The predicted octanol–water partition coefficient (Wildman–Crippen LogP) is 1.79. The van der Waals surface area contributed by atoms with Crippen molar-refractivity contribution in [1.29, 1.82) is 0 Å². The summed E-state index contributed by atoms with van der Waals surface area (Å²) >= 11 is 0. The number of benzene rings is 1. The van der Waals surface area contributed by atoms with E-state index in [0.29, 0.717) is 12.1 Å². The highest BCUT2D eigenvalue weighted by molar-refractivity contribution is 6.05. The first-order valence-electron chi connectivity index (χ1n) is 6.63. The second kappa shape index (κ2) is 5.88. The molecule has 0 saturated heterocycles. The summed E-state index contributed by atoms with van der Waals surface area (Å²) in [5.41, 5.74) is 9.69. The highest BCUT2D eigenvalue weighted by Crippen LogP contribution is 2.16. The molecule has 0 aliphatic rings. The predicted molar refractivity (Wildman–Crippen MR) is 79.8 cm³/mol. The molecule has 20 heavy (non-hydrogen) atoms. The van der Waals surface area contributed by atoms with E-state index in [1.54, 1.807) is 4.68 Å². The lowest BCUT2D eigenvalue weighted by molar-refractivity contribution is 0.102. The smallest absolute Gasteiger partial charge is 0.259 e. The number of nitrogens with two attached hydrogens (primary N) is 1. The Morgan fingerprint density at radius 2 is 1.95 bits per heavy atom. The van der Waals surface area contributed by atoms with E-state index in [0.717, 1.165) is 23.5 Å². The third kappa shape index (κ3) is 2.88. The molecule has 0 aliphatic heterocycles. The number of hydrogen-bond donors (Lipinski definition) is 2. The molecular formula is C15H20N4O. The Hall–Kier alpha value is -2.14. The summed E-state index contributed by atoms with van der Waals surface area (Å²) in [4.78, 5) is 12.3. The van der Waals surface area contributed by atoms with Gasteiger partial charge in [-0.3, -0.25) is 9.48 Å². The number of hydrogen-bond acceptors (Lipinski definition) is 3. The Labute approximate surface area is 118 Å². The maximum Gasteiger partial charge on any atom is 0.259 e. The molecule has 2 rings (SSSR count). The average molecular weight is 272 g/mol. The maximum atomic E-state index is 12.3. The minimum absolute atomic E-state index is 0.125. The number of carbonyl (C=O) groups excluding carboxylic acids is 1. The number of rotatable bonds is 4. The Kier molecular flexibility index (Phi) is 4.20. The molecular weight excluding hydrogens is 252 g/mol. The van der Waals surface area contributed by atoms with Crippen LogP contribution in [-0.2, 0) is 13.5 Å². The fourth-order valence-corrected chi connectivity index (χ4v) is 2.22. The quantitative estimate of drug-likeness (QED) is 0.891. The normalized spacial score (nSPS) is 10.6. The minimum atomic E-state index is -0.125. The maximum absolute atomic E-state index is 12.3. The van der Waals surface area contributed by atoms with Gasteiger partial charge in [0.05, 0.1) is 11.3 Å². The molecule has 0 spiro atoms. The zero-order valence-corrected chi connectivity index (χ0v) is 12.1. The summed E-state index contributed by atoms with van der Waals surface area (Å²) in [6.45, 7) is 4.35. The van der Waals surface area contributed by atoms with Crippen LogP contribution in [0, 0.1) is 13.8 Å². The van der Waals surface area contributed by atoms with E-state index in [1.165, 1.54) is 5.56 Å². The monoisotopic (exact) mass is 272 g/mol. The van der Waals surface area contributed by atoms with Crippen LogP contribution in [-0.4, -0.2) is 22.2 Å². The van der Waals surface area contributed by atoms with Crippen LogP contribution in [0.4, 0.5) is 5.69 Å². The third-order valence-corrected chi connectivity index (χ3v) is 3.38. The molecule has 2 aromatic rings. The molecule has 1 aromatic carbocycles. The topological polar surface area (TPSA) is 72.9 Å². The molecule has 0 atom stereocenters. The van der Waals surface area contributed by atoms with Gasteiger partial charge in [-0.2, -0.15) is 5.10 Å². The highest BCUT2D eigenvalue weighted by Gasteiger charge is 2.17. The zero-order chi connectivity index (χ0) is 14.7. The Balaban J connectivity index is 2.15. The summed E-state index contributed by atoms with van der Waals surface area (Å²) < 4.78 is 1.72. The van der Waals surface area contributed by atoms with Gasteiger partial charge in [0.25, 0.3) is 5.91 Å². The van der Waals surface area contributed by atoms with Crippen LogP contribution < -0.4 is 11.1 Å². The van der Waals surface area contributed by atoms with Crippen LogP contribution in [0.3, 0.4) is 0 Å². The van der Waals surface area contributed by atoms with Crippen molar-refractivity contribution < 1.29 is 4.79 Å². The molecule has 0 saturated carbocycles. The van der Waals surface area contributed by atoms with E-state index < -0.39 is 0 Å². The van der Waals surface area contributed by atoms with Crippen molar-refractivity contribution in [2.24, 2.45) is 12.8 Å². The van der Waals surface area contributed by atoms with Gasteiger partial charge in [0.15, 0.2) is 0 Å². The number of nitrogens with zero attached hydrogens (tertiary/aromatic N) is 2. The zero-order valence-electron chi connectivity index (χ0n) is 12.1. The fraction of sp³-hybridized carbons (Fsp3) is 0.333. The average Bonchev–Trinajstić information content (AvgIpc) is 2.66. The molecule has 0 bridgehead atoms. The van der Waals surface area contributed by atoms with Gasteiger partial charge in [0.1, 0.15) is 0 Å². The summed E-state index contributed by atoms with van der Waals surface area (Å²) in [6, 6.07) is 7.74. The second-order valence-corrected chi connectivity index (χ2v) is 4.86. The van der Waals surface area contributed by atoms with Gasteiger partial charge in [-0.05, 0) is 44.5 Å². The summed E-state index contributed by atoms with van der Waals surface area (Å²) in [6.07, 6.45) is 0.842. The summed E-state index contributed by atoms with van der Waals surface area (Å²) in [5.74, 6) is -0.125. The molecule has 1 amide bonds. The van der Waals surface area contributed by atoms with E-state index in [2.05, 4.69) is 10.4 Å². The molecule has 1 aromatic heterocycles. The van der Waals surface area contributed by atoms with Crippen molar-refractivity contribution in [2.45, 2.75) is 20.3 Å². The van der Waals surface area contributed by atoms with Crippen molar-refractivity contribution in [1.82, 2.24) is 9.78 Å². The van der Waals surface area contributed by atoms with Crippen LogP contribution in [0.5, 0.6) is 0 Å². The van der Waals surface area contributed by atoms with Gasteiger partial charge in [-0.25, -0.2) is 0 Å². The van der Waals surface area contributed by atoms with Gasteiger partial charge in [0, 0.05) is 18.4 Å². The van der Waals surface area contributed by atoms with Gasteiger partial charge in [0.2, 0.25) is 0 Å². The number of aromatic nitrogens is 2. The summed E-state index contributed by atoms with van der Waals surface area (Å²) in [5, 5.41) is 7.15. The van der Waals surface area contributed by atoms with E-state index in [1.807, 2.05) is 45.2 Å². The first-order chi connectivity index (χ1) is 9.52. The number of amides is 1. The molecule has 0 aliphatic carbocycles. The molecule has 1 heterocycles. The van der Waals surface area contributed by atoms with E-state index >= 15 is 0 Å². The lowest BCUT2D eigenvalue weighted by Crippen LogP contribution is -2.14. The van der Waals surface area contributed by atoms with Gasteiger partial charge in [-0.15, -0.1) is 0 Å². The highest BCUT2D eigenvalue weighted by atomic mass is 16.1. The van der Waals surface area contributed by atoms with E-state index in [-0.39, 0.29) is 5.91 Å². The molecule has 5 heteroatoms. The van der Waals surface area contributed by atoms with Crippen LogP contribution in [0.2, 0.25) is 0 Å². The van der Waals surface area contributed by atoms with E-state index in [4.69, 9.17) is 5.73 Å². The van der Waals surface area contributed by atoms with Crippen LogP contribution in [0.25, 0.3) is 0 Å². The number of carbonyl (C=O) groups is 1. The minimum Gasteiger partial charge on any atom is -0.330 e. The SMILES string of the molecule is Cc1nn(C)c(C)c1C(=O)Nc1ccc(CCN)cc1. The Bertz CT molecular complexity index is 614. The van der Waals surface area contributed by atoms with Crippen LogP contribution >= 0.6 is 0 Å². The van der Waals surface area contributed by atoms with Crippen molar-refractivity contribution in [3.63, 3.8) is 0 Å². The third-order valence-electron chi connectivity index (χ3n) is 3.38. The number of aryl methyl sites for hydroxylation is 2. The van der Waals surface area contributed by atoms with Crippen molar-refractivity contribution in [3.05, 3.63) is 46.8 Å². The Morgan fingerprint density at radius 1 is 1.30 bits per heavy atom. The first-order valence-corrected chi connectivity index (χ1v) is 6.63. The van der Waals surface area contributed by atoms with Crippen molar-refractivity contribution >= 4 is 11.6 Å². The largest absolute Gasteiger partial charge is 0.330 e. The lowest BCUT2D eigenvalue weighted by Gasteiger charge is -2.07. The molecule has 0 unspecified atom stereocenters. The number of nitrogens with one attached hydrogen (secondary N) is 1. The van der Waals surface area contributed by atoms with Crippen molar-refractivity contribution in [2.75, 3.05) is 11.9 Å².